The highest BCUT2D eigenvalue weighted by Gasteiger charge is 2.32. The number of nitrogens with one attached hydrogen (secondary N) is 2. The third kappa shape index (κ3) is 4.40. The molecule has 0 aliphatic carbocycles. The summed E-state index contributed by atoms with van der Waals surface area (Å²) in [5.41, 5.74) is 1.60. The fraction of sp³-hybridized carbons (Fsp3) is 0.400. The fourth-order valence-electron chi connectivity index (χ4n) is 3.39. The van der Waals surface area contributed by atoms with Crippen LogP contribution in [0.2, 0.25) is 0 Å². The quantitative estimate of drug-likeness (QED) is 0.671. The number of hydrogen-bond acceptors (Lipinski definition) is 6. The first kappa shape index (κ1) is 22.0. The molecule has 1 aromatic carbocycles. The maximum atomic E-state index is 13.1. The van der Waals surface area contributed by atoms with E-state index >= 15 is 0 Å². The Balaban J connectivity index is 1.85. The fourth-order valence-corrected chi connectivity index (χ4v) is 5.21. The molecule has 1 aliphatic rings. The predicted molar refractivity (Wildman–Crippen MR) is 110 cm³/mol. The lowest BCUT2D eigenvalue weighted by Crippen LogP contribution is -2.40. The molecule has 0 spiro atoms. The molecule has 10 heteroatoms. The SMILES string of the molecule is CCOC(=O)c1cccc(NC(=O)c2[nH]c(C)c(S(=O)(=O)N3CCOCC3)c2C)c1. The number of ether oxygens (including phenoxy) is 2. The van der Waals surface area contributed by atoms with Gasteiger partial charge < -0.3 is 19.8 Å². The number of aryl methyl sites for hydroxylation is 1. The van der Waals surface area contributed by atoms with E-state index in [0.717, 1.165) is 0 Å². The summed E-state index contributed by atoms with van der Waals surface area (Å²) in [6, 6.07) is 6.36. The van der Waals surface area contributed by atoms with E-state index in [1.807, 2.05) is 0 Å². The van der Waals surface area contributed by atoms with Gasteiger partial charge in [0.15, 0.2) is 0 Å². The summed E-state index contributed by atoms with van der Waals surface area (Å²) in [6.07, 6.45) is 0. The van der Waals surface area contributed by atoms with Crippen molar-refractivity contribution in [3.8, 4) is 0 Å². The second-order valence-electron chi connectivity index (χ2n) is 6.85. The number of aromatic nitrogens is 1. The van der Waals surface area contributed by atoms with Gasteiger partial charge >= 0.3 is 5.97 Å². The van der Waals surface area contributed by atoms with Crippen LogP contribution in [-0.4, -0.2) is 62.5 Å². The maximum absolute atomic E-state index is 13.1. The summed E-state index contributed by atoms with van der Waals surface area (Å²) in [5, 5.41) is 2.70. The van der Waals surface area contributed by atoms with Crippen LogP contribution < -0.4 is 5.32 Å². The summed E-state index contributed by atoms with van der Waals surface area (Å²) >= 11 is 0. The van der Waals surface area contributed by atoms with E-state index in [0.29, 0.717) is 35.7 Å². The van der Waals surface area contributed by atoms with Gasteiger partial charge in [-0.1, -0.05) is 6.07 Å². The summed E-state index contributed by atoms with van der Waals surface area (Å²) < 4.78 is 37.7. The van der Waals surface area contributed by atoms with Crippen LogP contribution in [0.1, 0.15) is 39.0 Å². The number of aromatic amines is 1. The van der Waals surface area contributed by atoms with Crippen LogP contribution in [0.4, 0.5) is 5.69 Å². The van der Waals surface area contributed by atoms with E-state index in [9.17, 15) is 18.0 Å². The third-order valence-corrected chi connectivity index (χ3v) is 6.97. The van der Waals surface area contributed by atoms with Crippen molar-refractivity contribution in [1.82, 2.24) is 9.29 Å². The molecule has 30 heavy (non-hydrogen) atoms. The zero-order chi connectivity index (χ0) is 21.9. The Labute approximate surface area is 175 Å². The number of carbonyl (C=O) groups is 2. The number of rotatable bonds is 6. The number of amides is 1. The van der Waals surface area contributed by atoms with Crippen molar-refractivity contribution < 1.29 is 27.5 Å². The highest BCUT2D eigenvalue weighted by Crippen LogP contribution is 2.27. The van der Waals surface area contributed by atoms with Crippen LogP contribution in [-0.2, 0) is 19.5 Å². The summed E-state index contributed by atoms with van der Waals surface area (Å²) in [7, 11) is -3.75. The Kier molecular flexibility index (Phi) is 6.59. The number of H-pyrrole nitrogens is 1. The second kappa shape index (κ2) is 8.99. The van der Waals surface area contributed by atoms with E-state index in [4.69, 9.17) is 9.47 Å². The average Bonchev–Trinajstić information content (AvgIpc) is 3.04. The van der Waals surface area contributed by atoms with E-state index in [-0.39, 0.29) is 30.3 Å². The topological polar surface area (TPSA) is 118 Å². The molecule has 0 radical (unpaired) electrons. The Morgan fingerprint density at radius 3 is 2.60 bits per heavy atom. The van der Waals surface area contributed by atoms with Crippen LogP contribution >= 0.6 is 0 Å². The van der Waals surface area contributed by atoms with Gasteiger partial charge in [0.25, 0.3) is 5.91 Å². The standard InChI is InChI=1S/C20H25N3O6S/c1-4-29-20(25)15-6-5-7-16(12-15)22-19(24)17-13(2)18(14(3)21-17)30(26,27)23-8-10-28-11-9-23/h5-7,12,21H,4,8-11H2,1-3H3,(H,22,24). The number of nitrogens with zero attached hydrogens (tertiary/aromatic N) is 1. The highest BCUT2D eigenvalue weighted by atomic mass is 32.2. The van der Waals surface area contributed by atoms with Gasteiger partial charge in [0.05, 0.1) is 25.4 Å². The van der Waals surface area contributed by atoms with Gasteiger partial charge in [0.2, 0.25) is 10.0 Å². The molecule has 1 amide bonds. The largest absolute Gasteiger partial charge is 0.462 e. The van der Waals surface area contributed by atoms with Crippen molar-refractivity contribution in [3.63, 3.8) is 0 Å². The van der Waals surface area contributed by atoms with Crippen LogP contribution in [0, 0.1) is 13.8 Å². The Morgan fingerprint density at radius 1 is 1.23 bits per heavy atom. The number of hydrogen-bond donors (Lipinski definition) is 2. The Bertz CT molecular complexity index is 1050. The number of benzene rings is 1. The molecule has 2 aromatic rings. The molecule has 2 heterocycles. The molecule has 0 saturated carbocycles. The summed E-state index contributed by atoms with van der Waals surface area (Å²) in [5.74, 6) is -0.987. The van der Waals surface area contributed by atoms with Crippen LogP contribution in [0.25, 0.3) is 0 Å². The van der Waals surface area contributed by atoms with E-state index in [1.54, 1.807) is 39.0 Å². The van der Waals surface area contributed by atoms with Crippen molar-refractivity contribution in [2.24, 2.45) is 0 Å². The maximum Gasteiger partial charge on any atom is 0.338 e. The minimum atomic E-state index is -3.75. The molecule has 0 bridgehead atoms. The van der Waals surface area contributed by atoms with E-state index < -0.39 is 21.9 Å². The van der Waals surface area contributed by atoms with Gasteiger partial charge in [-0.25, -0.2) is 13.2 Å². The molecule has 162 valence electrons. The molecule has 9 nitrogen and oxygen atoms in total. The number of esters is 1. The lowest BCUT2D eigenvalue weighted by Gasteiger charge is -2.26. The summed E-state index contributed by atoms with van der Waals surface area (Å²) in [4.78, 5) is 27.7. The first-order valence-electron chi connectivity index (χ1n) is 9.61. The highest BCUT2D eigenvalue weighted by molar-refractivity contribution is 7.89. The minimum Gasteiger partial charge on any atom is -0.462 e. The summed E-state index contributed by atoms with van der Waals surface area (Å²) in [6.45, 7) is 6.40. The Hall–Kier alpha value is -2.69. The third-order valence-electron chi connectivity index (χ3n) is 4.80. The molecule has 0 atom stereocenters. The lowest BCUT2D eigenvalue weighted by atomic mass is 10.2. The van der Waals surface area contributed by atoms with Crippen LogP contribution in [0.5, 0.6) is 0 Å². The molecular formula is C20H25N3O6S. The molecule has 3 rings (SSSR count). The van der Waals surface area contributed by atoms with E-state index in [2.05, 4.69) is 10.3 Å². The molecule has 1 saturated heterocycles. The smallest absolute Gasteiger partial charge is 0.338 e. The first-order valence-corrected chi connectivity index (χ1v) is 11.0. The van der Waals surface area contributed by atoms with Gasteiger partial charge in [-0.15, -0.1) is 0 Å². The van der Waals surface area contributed by atoms with E-state index in [1.165, 1.54) is 10.4 Å². The van der Waals surface area contributed by atoms with Gasteiger partial charge in [-0.2, -0.15) is 4.31 Å². The van der Waals surface area contributed by atoms with Gasteiger partial charge in [-0.3, -0.25) is 4.79 Å². The minimum absolute atomic E-state index is 0.106. The zero-order valence-electron chi connectivity index (χ0n) is 17.1. The number of morpholine rings is 1. The number of carbonyl (C=O) groups excluding carboxylic acids is 2. The van der Waals surface area contributed by atoms with Crippen molar-refractivity contribution >= 4 is 27.6 Å². The second-order valence-corrected chi connectivity index (χ2v) is 8.73. The van der Waals surface area contributed by atoms with Crippen molar-refractivity contribution in [3.05, 3.63) is 46.8 Å². The molecule has 1 fully saturated rings. The van der Waals surface area contributed by atoms with Crippen molar-refractivity contribution in [2.75, 3.05) is 38.2 Å². The Morgan fingerprint density at radius 2 is 1.93 bits per heavy atom. The monoisotopic (exact) mass is 435 g/mol. The average molecular weight is 436 g/mol. The molecular weight excluding hydrogens is 410 g/mol. The molecule has 1 aromatic heterocycles. The van der Waals surface area contributed by atoms with Gasteiger partial charge in [-0.05, 0) is 44.5 Å². The van der Waals surface area contributed by atoms with Crippen molar-refractivity contribution in [2.45, 2.75) is 25.7 Å². The number of anilines is 1. The first-order chi connectivity index (χ1) is 14.3. The van der Waals surface area contributed by atoms with Gasteiger partial charge in [0, 0.05) is 24.5 Å². The lowest BCUT2D eigenvalue weighted by molar-refractivity contribution is 0.0526. The van der Waals surface area contributed by atoms with Crippen LogP contribution in [0.3, 0.4) is 0 Å². The van der Waals surface area contributed by atoms with Crippen molar-refractivity contribution in [1.29, 1.82) is 0 Å². The number of sulfonamides is 1. The normalized spacial score (nSPS) is 15.0. The molecule has 1 aliphatic heterocycles. The predicted octanol–water partition coefficient (Wildman–Crippen LogP) is 2.08. The zero-order valence-corrected chi connectivity index (χ0v) is 18.0. The van der Waals surface area contributed by atoms with Gasteiger partial charge in [0.1, 0.15) is 10.6 Å². The molecule has 2 N–H and O–H groups in total. The van der Waals surface area contributed by atoms with Crippen LogP contribution in [0.15, 0.2) is 29.2 Å². The molecule has 0 unspecified atom stereocenters.